The minimum Gasteiger partial charge on any atom is -0.306 e. The van der Waals surface area contributed by atoms with Crippen LogP contribution >= 0.6 is 0 Å². The molecule has 0 radical (unpaired) electrons. The maximum atomic E-state index is 14.6. The summed E-state index contributed by atoms with van der Waals surface area (Å²) in [6.07, 6.45) is -4.57. The number of hydrogen-bond acceptors (Lipinski definition) is 0. The number of halogens is 4. The molecule has 4 rings (SSSR count). The molecule has 0 saturated carbocycles. The van der Waals surface area contributed by atoms with Crippen LogP contribution in [-0.2, 0) is 6.18 Å². The fraction of sp³-hybridized carbons (Fsp3) is 0.143. The third-order valence-electron chi connectivity index (χ3n) is 4.59. The number of hydrogen-bond donors (Lipinski definition) is 0. The lowest BCUT2D eigenvalue weighted by Crippen LogP contribution is -2.07. The molecule has 1 heterocycles. The van der Waals surface area contributed by atoms with E-state index in [9.17, 15) is 17.6 Å². The molecule has 0 fully saturated rings. The van der Waals surface area contributed by atoms with Gasteiger partial charge in [0.05, 0.1) is 22.3 Å². The second-order valence-electron chi connectivity index (χ2n) is 6.54. The van der Waals surface area contributed by atoms with E-state index in [4.69, 9.17) is 0 Å². The molecule has 0 N–H and O–H groups in total. The van der Waals surface area contributed by atoms with E-state index in [-0.39, 0.29) is 5.69 Å². The molecule has 0 saturated heterocycles. The van der Waals surface area contributed by atoms with E-state index in [1.54, 1.807) is 4.57 Å². The fourth-order valence-corrected chi connectivity index (χ4v) is 3.38. The van der Waals surface area contributed by atoms with E-state index in [1.165, 1.54) is 6.07 Å². The molecule has 0 aliphatic heterocycles. The summed E-state index contributed by atoms with van der Waals surface area (Å²) in [5.41, 5.74) is 2.75. The Morgan fingerprint density at radius 1 is 0.731 bits per heavy atom. The van der Waals surface area contributed by atoms with Gasteiger partial charge in [0.2, 0.25) is 0 Å². The predicted molar refractivity (Wildman–Crippen MR) is 95.2 cm³/mol. The topological polar surface area (TPSA) is 4.93 Å². The van der Waals surface area contributed by atoms with Crippen molar-refractivity contribution in [3.8, 4) is 5.69 Å². The van der Waals surface area contributed by atoms with Crippen molar-refractivity contribution in [2.24, 2.45) is 0 Å². The van der Waals surface area contributed by atoms with Crippen LogP contribution in [0.5, 0.6) is 0 Å². The van der Waals surface area contributed by atoms with Crippen LogP contribution in [0.2, 0.25) is 0 Å². The molecular formula is C21H15F4N. The minimum atomic E-state index is -4.57. The third-order valence-corrected chi connectivity index (χ3v) is 4.59. The van der Waals surface area contributed by atoms with E-state index in [2.05, 4.69) is 0 Å². The molecule has 3 aromatic carbocycles. The van der Waals surface area contributed by atoms with Crippen LogP contribution in [0.25, 0.3) is 27.5 Å². The maximum absolute atomic E-state index is 14.6. The average molecular weight is 357 g/mol. The van der Waals surface area contributed by atoms with Gasteiger partial charge in [0.1, 0.15) is 5.82 Å². The molecule has 26 heavy (non-hydrogen) atoms. The van der Waals surface area contributed by atoms with Crippen LogP contribution < -0.4 is 0 Å². The van der Waals surface area contributed by atoms with E-state index in [1.807, 2.05) is 50.2 Å². The standard InChI is InChI=1S/C21H15F4N/c1-12-3-6-18-15(9-12)16-10-13(2)4-7-19(16)26(18)20-8-5-14(11-17(20)22)21(23,24)25/h3-11H,1-2H3. The molecule has 5 heteroatoms. The van der Waals surface area contributed by atoms with E-state index >= 15 is 0 Å². The summed E-state index contributed by atoms with van der Waals surface area (Å²) in [6, 6.07) is 14.2. The summed E-state index contributed by atoms with van der Waals surface area (Å²) in [5, 5.41) is 1.89. The summed E-state index contributed by atoms with van der Waals surface area (Å²) >= 11 is 0. The highest BCUT2D eigenvalue weighted by atomic mass is 19.4. The van der Waals surface area contributed by atoms with Crippen LogP contribution in [-0.4, -0.2) is 4.57 Å². The monoisotopic (exact) mass is 357 g/mol. The summed E-state index contributed by atoms with van der Waals surface area (Å²) in [4.78, 5) is 0. The normalized spacial score (nSPS) is 12.2. The highest BCUT2D eigenvalue weighted by molar-refractivity contribution is 6.09. The first-order chi connectivity index (χ1) is 12.3. The van der Waals surface area contributed by atoms with Crippen LogP contribution in [0, 0.1) is 19.7 Å². The van der Waals surface area contributed by atoms with Crippen molar-refractivity contribution in [1.29, 1.82) is 0 Å². The zero-order valence-corrected chi connectivity index (χ0v) is 14.2. The van der Waals surface area contributed by atoms with Gasteiger partial charge >= 0.3 is 6.18 Å². The quantitative estimate of drug-likeness (QED) is 0.340. The van der Waals surface area contributed by atoms with Crippen molar-refractivity contribution < 1.29 is 17.6 Å². The Kier molecular flexibility index (Phi) is 3.58. The van der Waals surface area contributed by atoms with Crippen LogP contribution in [0.3, 0.4) is 0 Å². The number of aryl methyl sites for hydroxylation is 2. The van der Waals surface area contributed by atoms with Crippen molar-refractivity contribution in [3.63, 3.8) is 0 Å². The Hall–Kier alpha value is -2.82. The number of rotatable bonds is 1. The lowest BCUT2D eigenvalue weighted by molar-refractivity contribution is -0.137. The second kappa shape index (κ2) is 5.59. The third kappa shape index (κ3) is 2.55. The van der Waals surface area contributed by atoms with E-state index < -0.39 is 17.6 Å². The van der Waals surface area contributed by atoms with Crippen molar-refractivity contribution >= 4 is 21.8 Å². The molecule has 0 bridgehead atoms. The lowest BCUT2D eigenvalue weighted by atomic mass is 10.1. The van der Waals surface area contributed by atoms with Gasteiger partial charge in [-0.25, -0.2) is 4.39 Å². The predicted octanol–water partition coefficient (Wildman–Crippen LogP) is 6.56. The second-order valence-corrected chi connectivity index (χ2v) is 6.54. The lowest BCUT2D eigenvalue weighted by Gasteiger charge is -2.12. The number of alkyl halides is 3. The molecule has 0 spiro atoms. The Morgan fingerprint density at radius 3 is 1.73 bits per heavy atom. The van der Waals surface area contributed by atoms with E-state index in [0.717, 1.165) is 39.0 Å². The van der Waals surface area contributed by atoms with Crippen molar-refractivity contribution in [1.82, 2.24) is 4.57 Å². The first kappa shape index (κ1) is 16.6. The Balaban J connectivity index is 2.08. The molecule has 4 aromatic rings. The number of nitrogens with zero attached hydrogens (tertiary/aromatic N) is 1. The molecule has 0 amide bonds. The number of aromatic nitrogens is 1. The first-order valence-electron chi connectivity index (χ1n) is 8.14. The molecule has 0 aliphatic rings. The Labute approximate surface area is 147 Å². The zero-order chi connectivity index (χ0) is 18.6. The molecule has 132 valence electrons. The number of benzene rings is 3. The maximum Gasteiger partial charge on any atom is 0.416 e. The molecule has 0 aliphatic carbocycles. The van der Waals surface area contributed by atoms with Gasteiger partial charge in [-0.1, -0.05) is 23.3 Å². The molecule has 0 unspecified atom stereocenters. The smallest absolute Gasteiger partial charge is 0.306 e. The van der Waals surface area contributed by atoms with Gasteiger partial charge in [0.15, 0.2) is 0 Å². The summed E-state index contributed by atoms with van der Waals surface area (Å²) in [7, 11) is 0. The molecule has 1 aromatic heterocycles. The highest BCUT2D eigenvalue weighted by Crippen LogP contribution is 2.36. The summed E-state index contributed by atoms with van der Waals surface area (Å²) < 4.78 is 54.9. The van der Waals surface area contributed by atoms with Crippen molar-refractivity contribution in [3.05, 3.63) is 77.1 Å². The Morgan fingerprint density at radius 2 is 1.27 bits per heavy atom. The van der Waals surface area contributed by atoms with Crippen LogP contribution in [0.4, 0.5) is 17.6 Å². The molecular weight excluding hydrogens is 342 g/mol. The average Bonchev–Trinajstić information content (AvgIpc) is 2.87. The largest absolute Gasteiger partial charge is 0.416 e. The molecule has 0 atom stereocenters. The first-order valence-corrected chi connectivity index (χ1v) is 8.14. The van der Waals surface area contributed by atoms with Gasteiger partial charge in [-0.2, -0.15) is 13.2 Å². The number of fused-ring (bicyclic) bond motifs is 3. The van der Waals surface area contributed by atoms with Crippen molar-refractivity contribution in [2.45, 2.75) is 20.0 Å². The van der Waals surface area contributed by atoms with Gasteiger partial charge in [0, 0.05) is 10.8 Å². The fourth-order valence-electron chi connectivity index (χ4n) is 3.38. The van der Waals surface area contributed by atoms with Gasteiger partial charge in [-0.15, -0.1) is 0 Å². The van der Waals surface area contributed by atoms with Crippen LogP contribution in [0.15, 0.2) is 54.6 Å². The van der Waals surface area contributed by atoms with Gasteiger partial charge in [0.25, 0.3) is 0 Å². The van der Waals surface area contributed by atoms with Crippen LogP contribution in [0.1, 0.15) is 16.7 Å². The SMILES string of the molecule is Cc1ccc2c(c1)c1cc(C)ccc1n2-c1ccc(C(F)(F)F)cc1F. The summed E-state index contributed by atoms with van der Waals surface area (Å²) in [6.45, 7) is 3.94. The minimum absolute atomic E-state index is 0.103. The molecule has 1 nitrogen and oxygen atoms in total. The van der Waals surface area contributed by atoms with Gasteiger partial charge < -0.3 is 4.57 Å². The van der Waals surface area contributed by atoms with E-state index in [0.29, 0.717) is 6.07 Å². The summed E-state index contributed by atoms with van der Waals surface area (Å²) in [5.74, 6) is -0.903. The van der Waals surface area contributed by atoms with Gasteiger partial charge in [-0.05, 0) is 56.3 Å². The highest BCUT2D eigenvalue weighted by Gasteiger charge is 2.31. The zero-order valence-electron chi connectivity index (χ0n) is 14.2. The Bertz CT molecular complexity index is 1090. The van der Waals surface area contributed by atoms with Gasteiger partial charge in [-0.3, -0.25) is 0 Å². The van der Waals surface area contributed by atoms with Crippen molar-refractivity contribution in [2.75, 3.05) is 0 Å².